The number of carboxylic acid groups (broad SMARTS) is 1. The van der Waals surface area contributed by atoms with Crippen molar-refractivity contribution in [3.8, 4) is 6.07 Å². The van der Waals surface area contributed by atoms with E-state index in [0.717, 1.165) is 0 Å². The first-order valence-corrected chi connectivity index (χ1v) is 7.05. The van der Waals surface area contributed by atoms with Crippen LogP contribution in [0.1, 0.15) is 32.6 Å². The zero-order valence-electron chi connectivity index (χ0n) is 9.59. The second-order valence-electron chi connectivity index (χ2n) is 4.33. The Morgan fingerprint density at radius 2 is 2.18 bits per heavy atom. The molecule has 2 N–H and O–H groups in total. The summed E-state index contributed by atoms with van der Waals surface area (Å²) in [5.41, 5.74) is 0. The van der Waals surface area contributed by atoms with Crippen LogP contribution >= 0.6 is 0 Å². The average Bonchev–Trinajstić information content (AvgIpc) is 2.27. The van der Waals surface area contributed by atoms with E-state index in [0.29, 0.717) is 25.7 Å². The first kappa shape index (κ1) is 13.9. The molecule has 17 heavy (non-hydrogen) atoms. The Balaban J connectivity index is 2.64. The van der Waals surface area contributed by atoms with Crippen molar-refractivity contribution in [1.82, 2.24) is 4.72 Å². The maximum Gasteiger partial charge on any atom is 0.306 e. The van der Waals surface area contributed by atoms with E-state index in [1.54, 1.807) is 6.07 Å². The van der Waals surface area contributed by atoms with Gasteiger partial charge in [0.25, 0.3) is 0 Å². The van der Waals surface area contributed by atoms with Gasteiger partial charge >= 0.3 is 5.97 Å². The fourth-order valence-corrected chi connectivity index (χ4v) is 2.95. The lowest BCUT2D eigenvalue weighted by molar-refractivity contribution is -0.143. The molecule has 0 spiro atoms. The summed E-state index contributed by atoms with van der Waals surface area (Å²) in [6, 6.07) is 1.29. The van der Waals surface area contributed by atoms with E-state index in [-0.39, 0.29) is 6.04 Å². The summed E-state index contributed by atoms with van der Waals surface area (Å²) in [5.74, 6) is -1.38. The number of nitrogens with zero attached hydrogens (tertiary/aromatic N) is 1. The lowest BCUT2D eigenvalue weighted by Crippen LogP contribution is -2.43. The first-order chi connectivity index (χ1) is 7.86. The van der Waals surface area contributed by atoms with E-state index in [1.165, 1.54) is 6.92 Å². The molecule has 6 nitrogen and oxygen atoms in total. The lowest BCUT2D eigenvalue weighted by atomic mass is 9.86. The van der Waals surface area contributed by atoms with Gasteiger partial charge in [0.05, 0.1) is 12.0 Å². The Morgan fingerprint density at radius 1 is 1.53 bits per heavy atom. The number of rotatable bonds is 4. The van der Waals surface area contributed by atoms with Crippen molar-refractivity contribution < 1.29 is 18.3 Å². The fourth-order valence-electron chi connectivity index (χ4n) is 1.92. The van der Waals surface area contributed by atoms with Crippen LogP contribution in [0.15, 0.2) is 0 Å². The van der Waals surface area contributed by atoms with Crippen molar-refractivity contribution in [2.45, 2.75) is 43.9 Å². The number of hydrogen-bond donors (Lipinski definition) is 2. The highest BCUT2D eigenvalue weighted by Crippen LogP contribution is 2.25. The number of carbonyl (C=O) groups is 1. The molecule has 0 radical (unpaired) electrons. The van der Waals surface area contributed by atoms with E-state index in [4.69, 9.17) is 10.4 Å². The Labute approximate surface area is 101 Å². The van der Waals surface area contributed by atoms with Gasteiger partial charge in [-0.1, -0.05) is 6.42 Å². The minimum atomic E-state index is -3.66. The SMILES string of the molecule is CC(C#N)S(=O)(=O)NC1CCCC(C(=O)O)C1. The summed E-state index contributed by atoms with van der Waals surface area (Å²) in [6.45, 7) is 1.31. The summed E-state index contributed by atoms with van der Waals surface area (Å²) in [6.07, 6.45) is 2.19. The molecule has 0 aromatic carbocycles. The van der Waals surface area contributed by atoms with Crippen LogP contribution in [-0.2, 0) is 14.8 Å². The van der Waals surface area contributed by atoms with E-state index < -0.39 is 27.2 Å². The van der Waals surface area contributed by atoms with Gasteiger partial charge in [0, 0.05) is 6.04 Å². The molecule has 0 aromatic rings. The van der Waals surface area contributed by atoms with Crippen LogP contribution < -0.4 is 4.72 Å². The molecular weight excluding hydrogens is 244 g/mol. The Hall–Kier alpha value is -1.13. The molecule has 0 bridgehead atoms. The number of nitriles is 1. The van der Waals surface area contributed by atoms with Crippen molar-refractivity contribution in [3.63, 3.8) is 0 Å². The third kappa shape index (κ3) is 3.68. The fraction of sp³-hybridized carbons (Fsp3) is 0.800. The molecule has 1 rings (SSSR count). The zero-order chi connectivity index (χ0) is 13.1. The zero-order valence-corrected chi connectivity index (χ0v) is 10.4. The van der Waals surface area contributed by atoms with Crippen LogP contribution in [0.4, 0.5) is 0 Å². The number of sulfonamides is 1. The molecule has 3 atom stereocenters. The summed E-state index contributed by atoms with van der Waals surface area (Å²) >= 11 is 0. The van der Waals surface area contributed by atoms with Crippen molar-refractivity contribution >= 4 is 16.0 Å². The minimum Gasteiger partial charge on any atom is -0.481 e. The maximum atomic E-state index is 11.6. The van der Waals surface area contributed by atoms with Gasteiger partial charge in [0.2, 0.25) is 10.0 Å². The van der Waals surface area contributed by atoms with Gasteiger partial charge in [0.15, 0.2) is 5.25 Å². The van der Waals surface area contributed by atoms with E-state index in [1.807, 2.05) is 0 Å². The van der Waals surface area contributed by atoms with Gasteiger partial charge in [-0.2, -0.15) is 5.26 Å². The highest BCUT2D eigenvalue weighted by Gasteiger charge is 2.31. The van der Waals surface area contributed by atoms with E-state index in [9.17, 15) is 13.2 Å². The third-order valence-corrected chi connectivity index (χ3v) is 4.70. The van der Waals surface area contributed by atoms with Crippen LogP contribution in [0.5, 0.6) is 0 Å². The molecule has 1 aliphatic rings. The summed E-state index contributed by atoms with van der Waals surface area (Å²) in [7, 11) is -3.66. The topological polar surface area (TPSA) is 107 Å². The van der Waals surface area contributed by atoms with Crippen LogP contribution in [0, 0.1) is 17.2 Å². The number of aliphatic carboxylic acids is 1. The van der Waals surface area contributed by atoms with Gasteiger partial charge in [-0.05, 0) is 26.2 Å². The van der Waals surface area contributed by atoms with Crippen LogP contribution in [0.25, 0.3) is 0 Å². The predicted octanol–water partition coefficient (Wildman–Crippen LogP) is 0.461. The normalized spacial score (nSPS) is 27.1. The highest BCUT2D eigenvalue weighted by molar-refractivity contribution is 7.90. The third-order valence-electron chi connectivity index (χ3n) is 3.00. The monoisotopic (exact) mass is 260 g/mol. The van der Waals surface area contributed by atoms with Crippen molar-refractivity contribution in [3.05, 3.63) is 0 Å². The van der Waals surface area contributed by atoms with E-state index >= 15 is 0 Å². The second-order valence-corrected chi connectivity index (χ2v) is 6.37. The Bertz CT molecular complexity index is 426. The predicted molar refractivity (Wildman–Crippen MR) is 60.5 cm³/mol. The molecule has 0 heterocycles. The van der Waals surface area contributed by atoms with Crippen molar-refractivity contribution in [1.29, 1.82) is 5.26 Å². The summed E-state index contributed by atoms with van der Waals surface area (Å²) in [4.78, 5) is 10.8. The molecule has 96 valence electrons. The quantitative estimate of drug-likeness (QED) is 0.763. The molecule has 3 unspecified atom stereocenters. The number of carboxylic acids is 1. The molecule has 0 aromatic heterocycles. The van der Waals surface area contributed by atoms with Gasteiger partial charge in [-0.15, -0.1) is 0 Å². The van der Waals surface area contributed by atoms with Gasteiger partial charge in [-0.25, -0.2) is 13.1 Å². The molecule has 1 saturated carbocycles. The molecule has 7 heteroatoms. The summed E-state index contributed by atoms with van der Waals surface area (Å²) in [5, 5.41) is 16.3. The number of hydrogen-bond acceptors (Lipinski definition) is 4. The van der Waals surface area contributed by atoms with Crippen LogP contribution in [0.2, 0.25) is 0 Å². The Kier molecular flexibility index (Phi) is 4.48. The second kappa shape index (κ2) is 5.47. The largest absolute Gasteiger partial charge is 0.481 e. The molecule has 1 fully saturated rings. The Morgan fingerprint density at radius 3 is 2.71 bits per heavy atom. The standard InChI is InChI=1S/C10H16N2O4S/c1-7(6-11)17(15,16)12-9-4-2-3-8(5-9)10(13)14/h7-9,12H,2-5H2,1H3,(H,13,14). The highest BCUT2D eigenvalue weighted by atomic mass is 32.2. The smallest absolute Gasteiger partial charge is 0.306 e. The van der Waals surface area contributed by atoms with Gasteiger partial charge in [0.1, 0.15) is 0 Å². The molecule has 1 aliphatic carbocycles. The lowest BCUT2D eigenvalue weighted by Gasteiger charge is -2.27. The minimum absolute atomic E-state index is 0.298. The maximum absolute atomic E-state index is 11.6. The average molecular weight is 260 g/mol. The van der Waals surface area contributed by atoms with Crippen molar-refractivity contribution in [2.24, 2.45) is 5.92 Å². The summed E-state index contributed by atoms with van der Waals surface area (Å²) < 4.78 is 25.7. The van der Waals surface area contributed by atoms with Crippen LogP contribution in [-0.4, -0.2) is 30.8 Å². The first-order valence-electron chi connectivity index (χ1n) is 5.50. The van der Waals surface area contributed by atoms with E-state index in [2.05, 4.69) is 4.72 Å². The van der Waals surface area contributed by atoms with Crippen LogP contribution in [0.3, 0.4) is 0 Å². The molecule has 0 saturated heterocycles. The van der Waals surface area contributed by atoms with Gasteiger partial charge in [-0.3, -0.25) is 4.79 Å². The van der Waals surface area contributed by atoms with Crippen molar-refractivity contribution in [2.75, 3.05) is 0 Å². The number of nitrogens with one attached hydrogen (secondary N) is 1. The van der Waals surface area contributed by atoms with Gasteiger partial charge < -0.3 is 5.11 Å². The molecule has 0 aliphatic heterocycles. The molecule has 0 amide bonds. The molecular formula is C10H16N2O4S.